The normalized spacial score (nSPS) is 13.9. The van der Waals surface area contributed by atoms with Gasteiger partial charge in [0.1, 0.15) is 18.9 Å². The summed E-state index contributed by atoms with van der Waals surface area (Å²) in [7, 11) is 1.94. The fourth-order valence-corrected chi connectivity index (χ4v) is 3.13. The third kappa shape index (κ3) is 2.12. The van der Waals surface area contributed by atoms with Crippen LogP contribution in [0.4, 0.5) is 0 Å². The lowest BCUT2D eigenvalue weighted by atomic mass is 9.94. The van der Waals surface area contributed by atoms with Crippen molar-refractivity contribution in [2.75, 3.05) is 6.54 Å². The van der Waals surface area contributed by atoms with Crippen molar-refractivity contribution in [2.45, 2.75) is 6.54 Å². The van der Waals surface area contributed by atoms with Crippen molar-refractivity contribution in [2.24, 2.45) is 7.05 Å². The van der Waals surface area contributed by atoms with E-state index < -0.39 is 0 Å². The molecule has 5 nitrogen and oxygen atoms in total. The Hall–Kier alpha value is -2.95. The summed E-state index contributed by atoms with van der Waals surface area (Å²) >= 11 is 0. The first-order valence-corrected chi connectivity index (χ1v) is 7.54. The predicted octanol–water partition coefficient (Wildman–Crippen LogP) is 1.76. The van der Waals surface area contributed by atoms with Crippen LogP contribution in [-0.2, 0) is 13.6 Å². The van der Waals surface area contributed by atoms with Crippen molar-refractivity contribution in [3.63, 3.8) is 0 Å². The van der Waals surface area contributed by atoms with E-state index in [1.165, 1.54) is 4.90 Å². The Bertz CT molecular complexity index is 892. The minimum absolute atomic E-state index is 0.212. The van der Waals surface area contributed by atoms with Crippen LogP contribution >= 0.6 is 0 Å². The van der Waals surface area contributed by atoms with E-state index in [0.29, 0.717) is 24.2 Å². The number of aromatic nitrogens is 2. The molecule has 114 valence electrons. The summed E-state index contributed by atoms with van der Waals surface area (Å²) in [6.07, 6.45) is 5.77. The maximum absolute atomic E-state index is 12.7. The molecule has 0 saturated heterocycles. The van der Waals surface area contributed by atoms with Gasteiger partial charge in [0.25, 0.3) is 11.8 Å². The molecule has 0 saturated carbocycles. The molecule has 0 fully saturated rings. The lowest BCUT2D eigenvalue weighted by Gasteiger charge is -2.26. The summed E-state index contributed by atoms with van der Waals surface area (Å²) in [4.78, 5) is 26.8. The molecular weight excluding hydrogens is 290 g/mol. The van der Waals surface area contributed by atoms with Gasteiger partial charge in [0.2, 0.25) is 6.33 Å². The van der Waals surface area contributed by atoms with Crippen LogP contribution in [-0.4, -0.2) is 27.8 Å². The van der Waals surface area contributed by atoms with E-state index in [0.717, 1.165) is 10.8 Å². The molecule has 2 amide bonds. The molecule has 3 aromatic rings. The number of imidazole rings is 1. The van der Waals surface area contributed by atoms with Crippen LogP contribution in [0.15, 0.2) is 55.1 Å². The standard InChI is InChI=1S/C18H16N3O2/c1-19-8-9-20(12-19)10-11-21-17(22)14-6-2-4-13-5-3-7-15(16(13)14)18(21)23/h2-9,12H,10-11H2,1H3/q+1. The molecule has 0 bridgehead atoms. The maximum Gasteiger partial charge on any atom is 0.261 e. The predicted molar refractivity (Wildman–Crippen MR) is 84.9 cm³/mol. The molecule has 5 heteroatoms. The van der Waals surface area contributed by atoms with Gasteiger partial charge in [-0.3, -0.25) is 14.5 Å². The van der Waals surface area contributed by atoms with Crippen molar-refractivity contribution in [1.29, 1.82) is 0 Å². The van der Waals surface area contributed by atoms with Gasteiger partial charge >= 0.3 is 0 Å². The van der Waals surface area contributed by atoms with Crippen LogP contribution in [0.5, 0.6) is 0 Å². The van der Waals surface area contributed by atoms with Crippen LogP contribution in [0.1, 0.15) is 20.7 Å². The van der Waals surface area contributed by atoms with Gasteiger partial charge < -0.3 is 0 Å². The molecule has 1 aliphatic rings. The van der Waals surface area contributed by atoms with Gasteiger partial charge in [0.05, 0.1) is 13.6 Å². The third-order valence-corrected chi connectivity index (χ3v) is 4.26. The topological polar surface area (TPSA) is 46.2 Å². The number of hydrogen-bond acceptors (Lipinski definition) is 2. The zero-order valence-electron chi connectivity index (χ0n) is 12.8. The Morgan fingerprint density at radius 1 is 0.957 bits per heavy atom. The van der Waals surface area contributed by atoms with Gasteiger partial charge in [-0.2, -0.15) is 0 Å². The molecule has 1 aliphatic heterocycles. The minimum atomic E-state index is -0.212. The number of carbonyl (C=O) groups is 2. The van der Waals surface area contributed by atoms with Crippen LogP contribution < -0.4 is 4.57 Å². The molecular formula is C18H16N3O2+. The average Bonchev–Trinajstić information content (AvgIpc) is 2.98. The van der Waals surface area contributed by atoms with E-state index >= 15 is 0 Å². The van der Waals surface area contributed by atoms with E-state index in [1.807, 2.05) is 59.2 Å². The highest BCUT2D eigenvalue weighted by Gasteiger charge is 2.32. The number of benzene rings is 2. The number of rotatable bonds is 3. The molecule has 2 heterocycles. The Morgan fingerprint density at radius 2 is 1.61 bits per heavy atom. The molecule has 0 aliphatic carbocycles. The molecule has 23 heavy (non-hydrogen) atoms. The first-order chi connectivity index (χ1) is 11.1. The fourth-order valence-electron chi connectivity index (χ4n) is 3.13. The number of amides is 2. The smallest absolute Gasteiger partial charge is 0.261 e. The minimum Gasteiger partial charge on any atom is -0.270 e. The van der Waals surface area contributed by atoms with Gasteiger partial charge in [-0.15, -0.1) is 0 Å². The Morgan fingerprint density at radius 3 is 2.17 bits per heavy atom. The molecule has 0 N–H and O–H groups in total. The second-order valence-electron chi connectivity index (χ2n) is 5.79. The summed E-state index contributed by atoms with van der Waals surface area (Å²) in [5.41, 5.74) is 1.21. The highest BCUT2D eigenvalue weighted by Crippen LogP contribution is 2.29. The summed E-state index contributed by atoms with van der Waals surface area (Å²) in [6, 6.07) is 11.2. The number of hydrogen-bond donors (Lipinski definition) is 0. The molecule has 4 rings (SSSR count). The van der Waals surface area contributed by atoms with Gasteiger partial charge in [0, 0.05) is 16.5 Å². The molecule has 2 aromatic carbocycles. The number of imide groups is 1. The molecule has 0 atom stereocenters. The van der Waals surface area contributed by atoms with Crippen molar-refractivity contribution in [3.05, 3.63) is 66.2 Å². The first kappa shape index (κ1) is 13.7. The Labute approximate surface area is 133 Å². The van der Waals surface area contributed by atoms with Crippen molar-refractivity contribution in [3.8, 4) is 0 Å². The maximum atomic E-state index is 12.7. The van der Waals surface area contributed by atoms with E-state index in [2.05, 4.69) is 0 Å². The Kier molecular flexibility index (Phi) is 3.01. The van der Waals surface area contributed by atoms with E-state index in [-0.39, 0.29) is 11.8 Å². The first-order valence-electron chi connectivity index (χ1n) is 7.54. The van der Waals surface area contributed by atoms with Crippen LogP contribution in [0.3, 0.4) is 0 Å². The summed E-state index contributed by atoms with van der Waals surface area (Å²) in [6.45, 7) is 0.938. The summed E-state index contributed by atoms with van der Waals surface area (Å²) in [5.74, 6) is -0.424. The Balaban J connectivity index is 1.71. The zero-order valence-corrected chi connectivity index (χ0v) is 12.8. The second-order valence-corrected chi connectivity index (χ2v) is 5.79. The average molecular weight is 306 g/mol. The quantitative estimate of drug-likeness (QED) is 0.547. The van der Waals surface area contributed by atoms with Crippen molar-refractivity contribution < 1.29 is 14.2 Å². The summed E-state index contributed by atoms with van der Waals surface area (Å²) < 4.78 is 3.89. The van der Waals surface area contributed by atoms with Crippen molar-refractivity contribution in [1.82, 2.24) is 9.47 Å². The van der Waals surface area contributed by atoms with E-state index in [1.54, 1.807) is 12.1 Å². The largest absolute Gasteiger partial charge is 0.270 e. The second kappa shape index (κ2) is 5.05. The fraction of sp³-hybridized carbons (Fsp3) is 0.167. The van der Waals surface area contributed by atoms with Crippen LogP contribution in [0.2, 0.25) is 0 Å². The molecule has 0 spiro atoms. The number of aryl methyl sites for hydroxylation is 1. The van der Waals surface area contributed by atoms with E-state index in [4.69, 9.17) is 0 Å². The van der Waals surface area contributed by atoms with E-state index in [9.17, 15) is 9.59 Å². The molecule has 1 aromatic heterocycles. The lowest BCUT2D eigenvalue weighted by Crippen LogP contribution is -2.42. The number of nitrogens with zero attached hydrogens (tertiary/aromatic N) is 3. The summed E-state index contributed by atoms with van der Waals surface area (Å²) in [5, 5.41) is 1.70. The van der Waals surface area contributed by atoms with Gasteiger partial charge in [-0.1, -0.05) is 24.3 Å². The molecule has 0 unspecified atom stereocenters. The van der Waals surface area contributed by atoms with Crippen LogP contribution in [0, 0.1) is 0 Å². The SMILES string of the molecule is C[n+]1ccn(CCN2C(=O)c3cccc4cccc(c34)C2=O)c1. The van der Waals surface area contributed by atoms with Crippen LogP contribution in [0.25, 0.3) is 10.8 Å². The highest BCUT2D eigenvalue weighted by atomic mass is 16.2. The zero-order chi connectivity index (χ0) is 16.0. The highest BCUT2D eigenvalue weighted by molar-refractivity contribution is 6.25. The van der Waals surface area contributed by atoms with Gasteiger partial charge in [-0.05, 0) is 17.5 Å². The third-order valence-electron chi connectivity index (χ3n) is 4.26. The van der Waals surface area contributed by atoms with Crippen molar-refractivity contribution >= 4 is 22.6 Å². The number of carbonyl (C=O) groups excluding carboxylic acids is 2. The molecule has 0 radical (unpaired) electrons. The van der Waals surface area contributed by atoms with Gasteiger partial charge in [-0.25, -0.2) is 9.13 Å². The lowest BCUT2D eigenvalue weighted by molar-refractivity contribution is -0.671. The monoisotopic (exact) mass is 306 g/mol. The van der Waals surface area contributed by atoms with Gasteiger partial charge in [0.15, 0.2) is 0 Å².